The summed E-state index contributed by atoms with van der Waals surface area (Å²) in [6.45, 7) is 1.26. The fourth-order valence-corrected chi connectivity index (χ4v) is 2.21. The van der Waals surface area contributed by atoms with E-state index in [9.17, 15) is 18.4 Å². The highest BCUT2D eigenvalue weighted by atomic mass is 35.5. The molecule has 0 atom stereocenters. The Hall–Kier alpha value is -2.47. The molecule has 0 heterocycles. The molecule has 2 amide bonds. The predicted octanol–water partition coefficient (Wildman–Crippen LogP) is 3.29. The molecule has 0 aliphatic heterocycles. The fraction of sp³-hybridized carbons (Fsp3) is 0.176. The van der Waals surface area contributed by atoms with E-state index in [4.69, 9.17) is 11.6 Å². The van der Waals surface area contributed by atoms with Crippen molar-refractivity contribution in [1.82, 2.24) is 5.32 Å². The Balaban J connectivity index is 2.01. The third-order valence-corrected chi connectivity index (χ3v) is 3.59. The van der Waals surface area contributed by atoms with Gasteiger partial charge in [0.15, 0.2) is 0 Å². The number of anilines is 1. The van der Waals surface area contributed by atoms with Crippen LogP contribution in [0.4, 0.5) is 14.5 Å². The van der Waals surface area contributed by atoms with Crippen molar-refractivity contribution >= 4 is 29.1 Å². The molecule has 2 rings (SSSR count). The molecular weight excluding hydrogens is 338 g/mol. The van der Waals surface area contributed by atoms with Crippen LogP contribution in [-0.4, -0.2) is 18.4 Å². The lowest BCUT2D eigenvalue weighted by Crippen LogP contribution is -2.39. The van der Waals surface area contributed by atoms with Crippen LogP contribution in [0.15, 0.2) is 42.5 Å². The molecule has 0 spiro atoms. The third-order valence-electron chi connectivity index (χ3n) is 3.30. The Morgan fingerprint density at radius 1 is 1.12 bits per heavy atom. The van der Waals surface area contributed by atoms with Crippen molar-refractivity contribution in [2.24, 2.45) is 0 Å². The summed E-state index contributed by atoms with van der Waals surface area (Å²) in [7, 11) is 0. The van der Waals surface area contributed by atoms with Gasteiger partial charge in [0, 0.05) is 19.2 Å². The van der Waals surface area contributed by atoms with Gasteiger partial charge in [0.05, 0.1) is 5.02 Å². The Morgan fingerprint density at radius 2 is 1.79 bits per heavy atom. The number of halogens is 3. The standard InChI is InChI=1S/C17H15ClF2N2O2/c1-11(23)22(14-6-7-16(20)15(18)8-14)10-17(24)21-9-12-2-4-13(19)5-3-12/h2-8H,9-10H2,1H3,(H,21,24). The number of benzene rings is 2. The summed E-state index contributed by atoms with van der Waals surface area (Å²) >= 11 is 5.71. The number of amides is 2. The molecule has 0 saturated carbocycles. The van der Waals surface area contributed by atoms with Crippen LogP contribution in [0.2, 0.25) is 5.02 Å². The minimum atomic E-state index is -0.607. The van der Waals surface area contributed by atoms with Crippen molar-refractivity contribution in [3.63, 3.8) is 0 Å². The minimum Gasteiger partial charge on any atom is -0.350 e. The normalized spacial score (nSPS) is 10.3. The number of hydrogen-bond acceptors (Lipinski definition) is 2. The van der Waals surface area contributed by atoms with Crippen molar-refractivity contribution in [2.75, 3.05) is 11.4 Å². The summed E-state index contributed by atoms with van der Waals surface area (Å²) in [5, 5.41) is 2.50. The van der Waals surface area contributed by atoms with Gasteiger partial charge in [-0.25, -0.2) is 8.78 Å². The smallest absolute Gasteiger partial charge is 0.240 e. The first-order chi connectivity index (χ1) is 11.4. The van der Waals surface area contributed by atoms with Gasteiger partial charge in [-0.3, -0.25) is 9.59 Å². The minimum absolute atomic E-state index is 0.134. The zero-order chi connectivity index (χ0) is 17.7. The summed E-state index contributed by atoms with van der Waals surface area (Å²) in [5.74, 6) is -1.75. The van der Waals surface area contributed by atoms with Gasteiger partial charge in [-0.15, -0.1) is 0 Å². The zero-order valence-corrected chi connectivity index (χ0v) is 13.6. The lowest BCUT2D eigenvalue weighted by Gasteiger charge is -2.21. The summed E-state index contributed by atoms with van der Waals surface area (Å²) in [6.07, 6.45) is 0. The maximum absolute atomic E-state index is 13.2. The first-order valence-electron chi connectivity index (χ1n) is 7.11. The van der Waals surface area contributed by atoms with Crippen LogP contribution in [0, 0.1) is 11.6 Å². The molecule has 0 bridgehead atoms. The zero-order valence-electron chi connectivity index (χ0n) is 12.9. The summed E-state index contributed by atoms with van der Waals surface area (Å²) in [5.41, 5.74) is 1.05. The molecule has 0 saturated heterocycles. The quantitative estimate of drug-likeness (QED) is 0.897. The van der Waals surface area contributed by atoms with Gasteiger partial charge in [0.2, 0.25) is 11.8 Å². The second kappa shape index (κ2) is 7.88. The van der Waals surface area contributed by atoms with Crippen molar-refractivity contribution in [1.29, 1.82) is 0 Å². The van der Waals surface area contributed by atoms with E-state index >= 15 is 0 Å². The molecule has 0 aliphatic carbocycles. The second-order valence-corrected chi connectivity index (χ2v) is 5.51. The topological polar surface area (TPSA) is 49.4 Å². The van der Waals surface area contributed by atoms with Gasteiger partial charge >= 0.3 is 0 Å². The van der Waals surface area contributed by atoms with Crippen LogP contribution in [0.1, 0.15) is 12.5 Å². The summed E-state index contributed by atoms with van der Waals surface area (Å²) in [4.78, 5) is 25.0. The first-order valence-corrected chi connectivity index (χ1v) is 7.49. The highest BCUT2D eigenvalue weighted by Gasteiger charge is 2.17. The van der Waals surface area contributed by atoms with E-state index in [-0.39, 0.29) is 29.8 Å². The Bertz CT molecular complexity index is 751. The average Bonchev–Trinajstić information content (AvgIpc) is 2.54. The average molecular weight is 353 g/mol. The van der Waals surface area contributed by atoms with E-state index in [1.807, 2.05) is 0 Å². The molecule has 4 nitrogen and oxygen atoms in total. The van der Waals surface area contributed by atoms with Gasteiger partial charge in [-0.2, -0.15) is 0 Å². The van der Waals surface area contributed by atoms with Crippen LogP contribution >= 0.6 is 11.6 Å². The number of rotatable bonds is 5. The summed E-state index contributed by atoms with van der Waals surface area (Å²) < 4.78 is 26.0. The van der Waals surface area contributed by atoms with Crippen LogP contribution < -0.4 is 10.2 Å². The molecule has 0 unspecified atom stereocenters. The molecule has 2 aromatic rings. The van der Waals surface area contributed by atoms with E-state index in [0.717, 1.165) is 11.6 Å². The number of carbonyl (C=O) groups excluding carboxylic acids is 2. The molecule has 0 fully saturated rings. The Morgan fingerprint density at radius 3 is 2.38 bits per heavy atom. The molecule has 1 N–H and O–H groups in total. The molecule has 0 radical (unpaired) electrons. The van der Waals surface area contributed by atoms with E-state index in [1.165, 1.54) is 36.1 Å². The highest BCUT2D eigenvalue weighted by Crippen LogP contribution is 2.22. The third kappa shape index (κ3) is 4.76. The van der Waals surface area contributed by atoms with Crippen molar-refractivity contribution in [3.8, 4) is 0 Å². The van der Waals surface area contributed by atoms with Crippen LogP contribution in [-0.2, 0) is 16.1 Å². The van der Waals surface area contributed by atoms with Gasteiger partial charge in [0.1, 0.15) is 18.2 Å². The van der Waals surface area contributed by atoms with Crippen LogP contribution in [0.3, 0.4) is 0 Å². The second-order valence-electron chi connectivity index (χ2n) is 5.11. The van der Waals surface area contributed by atoms with E-state index in [0.29, 0.717) is 5.69 Å². The van der Waals surface area contributed by atoms with E-state index in [1.54, 1.807) is 12.1 Å². The number of nitrogens with zero attached hydrogens (tertiary/aromatic N) is 1. The molecule has 0 aromatic heterocycles. The van der Waals surface area contributed by atoms with Crippen molar-refractivity contribution in [3.05, 3.63) is 64.7 Å². The van der Waals surface area contributed by atoms with E-state index in [2.05, 4.69) is 5.32 Å². The molecule has 2 aromatic carbocycles. The molecule has 0 aliphatic rings. The van der Waals surface area contributed by atoms with Gasteiger partial charge in [0.25, 0.3) is 0 Å². The molecular formula is C17H15ClF2N2O2. The maximum Gasteiger partial charge on any atom is 0.240 e. The molecule has 24 heavy (non-hydrogen) atoms. The van der Waals surface area contributed by atoms with E-state index < -0.39 is 11.7 Å². The van der Waals surface area contributed by atoms with Gasteiger partial charge in [-0.1, -0.05) is 23.7 Å². The highest BCUT2D eigenvalue weighted by molar-refractivity contribution is 6.31. The van der Waals surface area contributed by atoms with Crippen molar-refractivity contribution in [2.45, 2.75) is 13.5 Å². The van der Waals surface area contributed by atoms with Crippen molar-refractivity contribution < 1.29 is 18.4 Å². The fourth-order valence-electron chi connectivity index (χ4n) is 2.04. The SMILES string of the molecule is CC(=O)N(CC(=O)NCc1ccc(F)cc1)c1ccc(F)c(Cl)c1. The lowest BCUT2D eigenvalue weighted by molar-refractivity contribution is -0.123. The first kappa shape index (κ1) is 17.9. The number of carbonyl (C=O) groups is 2. The largest absolute Gasteiger partial charge is 0.350 e. The number of nitrogens with one attached hydrogen (secondary N) is 1. The molecule has 126 valence electrons. The maximum atomic E-state index is 13.2. The van der Waals surface area contributed by atoms with Crippen LogP contribution in [0.5, 0.6) is 0 Å². The monoisotopic (exact) mass is 352 g/mol. The lowest BCUT2D eigenvalue weighted by atomic mass is 10.2. The Kier molecular flexibility index (Phi) is 5.87. The molecule has 7 heteroatoms. The Labute approximate surface area is 143 Å². The van der Waals surface area contributed by atoms with Gasteiger partial charge in [-0.05, 0) is 35.9 Å². The predicted molar refractivity (Wildman–Crippen MR) is 87.7 cm³/mol. The summed E-state index contributed by atoms with van der Waals surface area (Å²) in [6, 6.07) is 9.48. The van der Waals surface area contributed by atoms with Crippen LogP contribution in [0.25, 0.3) is 0 Å². The van der Waals surface area contributed by atoms with Gasteiger partial charge < -0.3 is 10.2 Å². The number of hydrogen-bond donors (Lipinski definition) is 1.